The standard InChI is InChI=1S/C22H30O2.C2H4O2/c1-13-11-16-18-6-5-17(14(2)23)21(18,3)10-8-19(16)22(4)9-7-15(24)12-20(13)22;1-2(3)4/h11-12,16-19H,5-10H2,1-4H3;1H3,(H,3,4). The van der Waals surface area contributed by atoms with Crippen molar-refractivity contribution in [2.24, 2.45) is 34.5 Å². The number of ketones is 2. The van der Waals surface area contributed by atoms with Gasteiger partial charge >= 0.3 is 0 Å². The number of fused-ring (bicyclic) bond motifs is 5. The van der Waals surface area contributed by atoms with Crippen molar-refractivity contribution in [3.05, 3.63) is 23.3 Å². The van der Waals surface area contributed by atoms with Crippen LogP contribution in [0.4, 0.5) is 0 Å². The van der Waals surface area contributed by atoms with Crippen molar-refractivity contribution in [3.8, 4) is 0 Å². The summed E-state index contributed by atoms with van der Waals surface area (Å²) in [7, 11) is 0. The maximum atomic E-state index is 12.2. The van der Waals surface area contributed by atoms with Crippen LogP contribution >= 0.6 is 0 Å². The molecule has 4 heteroatoms. The van der Waals surface area contributed by atoms with Gasteiger partial charge in [0.25, 0.3) is 5.97 Å². The Morgan fingerprint density at radius 3 is 2.32 bits per heavy atom. The number of allylic oxidation sites excluding steroid dienone is 4. The molecule has 0 radical (unpaired) electrons. The van der Waals surface area contributed by atoms with Crippen molar-refractivity contribution in [1.29, 1.82) is 0 Å². The fourth-order valence-corrected chi connectivity index (χ4v) is 7.08. The van der Waals surface area contributed by atoms with Gasteiger partial charge in [0.15, 0.2) is 5.78 Å². The number of carboxylic acids is 1. The van der Waals surface area contributed by atoms with Crippen LogP contribution in [-0.2, 0) is 14.4 Å². The number of hydrogen-bond acceptors (Lipinski definition) is 3. The first kappa shape index (κ1) is 21.0. The molecule has 4 aliphatic rings. The number of carbonyl (C=O) groups excluding carboxylic acids is 2. The van der Waals surface area contributed by atoms with Gasteiger partial charge in [0, 0.05) is 19.3 Å². The summed E-state index contributed by atoms with van der Waals surface area (Å²) < 4.78 is 0. The molecule has 0 aliphatic heterocycles. The van der Waals surface area contributed by atoms with Crippen LogP contribution in [0, 0.1) is 34.5 Å². The van der Waals surface area contributed by atoms with Crippen molar-refractivity contribution in [1.82, 2.24) is 0 Å². The van der Waals surface area contributed by atoms with Gasteiger partial charge in [-0.15, -0.1) is 0 Å². The molecule has 4 aliphatic carbocycles. The molecular formula is C24H34O4. The summed E-state index contributed by atoms with van der Waals surface area (Å²) in [5.41, 5.74) is 2.98. The van der Waals surface area contributed by atoms with Crippen LogP contribution < -0.4 is 0 Å². The van der Waals surface area contributed by atoms with E-state index in [1.807, 2.05) is 6.08 Å². The molecule has 0 aromatic rings. The Kier molecular flexibility index (Phi) is 5.46. The lowest BCUT2D eigenvalue weighted by Crippen LogP contribution is -2.50. The van der Waals surface area contributed by atoms with E-state index >= 15 is 0 Å². The third-order valence-electron chi connectivity index (χ3n) is 8.32. The van der Waals surface area contributed by atoms with Gasteiger partial charge < -0.3 is 5.11 Å². The average Bonchev–Trinajstić information content (AvgIpc) is 2.94. The van der Waals surface area contributed by atoms with Crippen LogP contribution in [0.1, 0.15) is 73.1 Å². The highest BCUT2D eigenvalue weighted by Gasteiger charge is 2.59. The van der Waals surface area contributed by atoms with Gasteiger partial charge in [-0.25, -0.2) is 0 Å². The van der Waals surface area contributed by atoms with Crippen LogP contribution in [0.2, 0.25) is 0 Å². The van der Waals surface area contributed by atoms with E-state index in [9.17, 15) is 9.59 Å². The fraction of sp³-hybridized carbons (Fsp3) is 0.708. The summed E-state index contributed by atoms with van der Waals surface area (Å²) in [6.45, 7) is 9.86. The largest absolute Gasteiger partial charge is 0.481 e. The van der Waals surface area contributed by atoms with Gasteiger partial charge in [0.1, 0.15) is 5.78 Å². The van der Waals surface area contributed by atoms with E-state index in [2.05, 4.69) is 26.8 Å². The minimum Gasteiger partial charge on any atom is -0.481 e. The molecule has 0 spiro atoms. The second-order valence-corrected chi connectivity index (χ2v) is 9.89. The van der Waals surface area contributed by atoms with Crippen molar-refractivity contribution in [2.45, 2.75) is 73.1 Å². The van der Waals surface area contributed by atoms with Crippen LogP contribution in [0.25, 0.3) is 0 Å². The summed E-state index contributed by atoms with van der Waals surface area (Å²) >= 11 is 0. The fourth-order valence-electron chi connectivity index (χ4n) is 7.08. The number of Topliss-reactive ketones (excluding diaryl/α,β-unsaturated/α-hetero) is 1. The minimum atomic E-state index is -0.833. The molecule has 0 saturated heterocycles. The molecule has 0 aromatic carbocycles. The molecule has 0 heterocycles. The van der Waals surface area contributed by atoms with E-state index in [1.54, 1.807) is 6.92 Å². The van der Waals surface area contributed by atoms with Crippen LogP contribution in [0.5, 0.6) is 0 Å². The highest BCUT2D eigenvalue weighted by Crippen LogP contribution is 2.66. The minimum absolute atomic E-state index is 0.160. The van der Waals surface area contributed by atoms with Gasteiger partial charge in [-0.3, -0.25) is 14.4 Å². The zero-order valence-electron chi connectivity index (χ0n) is 17.9. The molecule has 154 valence electrons. The lowest BCUT2D eigenvalue weighted by Gasteiger charge is -2.56. The molecule has 6 atom stereocenters. The zero-order valence-corrected chi connectivity index (χ0v) is 17.9. The smallest absolute Gasteiger partial charge is 0.300 e. The first-order valence-electron chi connectivity index (χ1n) is 10.6. The molecule has 0 bridgehead atoms. The summed E-state index contributed by atoms with van der Waals surface area (Å²) in [5.74, 6) is 1.98. The van der Waals surface area contributed by atoms with Crippen LogP contribution in [0.3, 0.4) is 0 Å². The zero-order chi connectivity index (χ0) is 20.9. The van der Waals surface area contributed by atoms with E-state index in [0.29, 0.717) is 35.7 Å². The molecule has 0 amide bonds. The van der Waals surface area contributed by atoms with E-state index in [-0.39, 0.29) is 16.7 Å². The van der Waals surface area contributed by atoms with Crippen molar-refractivity contribution in [3.63, 3.8) is 0 Å². The molecule has 1 N–H and O–H groups in total. The first-order valence-corrected chi connectivity index (χ1v) is 10.6. The van der Waals surface area contributed by atoms with Crippen LogP contribution in [0.15, 0.2) is 23.3 Å². The molecule has 2 fully saturated rings. The Hall–Kier alpha value is -1.71. The first-order chi connectivity index (χ1) is 13.0. The van der Waals surface area contributed by atoms with E-state index in [0.717, 1.165) is 19.8 Å². The molecule has 6 unspecified atom stereocenters. The molecule has 0 aromatic heterocycles. The Bertz CT molecular complexity index is 757. The Balaban J connectivity index is 0.000000516. The lowest BCUT2D eigenvalue weighted by atomic mass is 9.47. The Morgan fingerprint density at radius 1 is 1.07 bits per heavy atom. The van der Waals surface area contributed by atoms with E-state index in [1.165, 1.54) is 30.4 Å². The maximum absolute atomic E-state index is 12.2. The van der Waals surface area contributed by atoms with Crippen molar-refractivity contribution in [2.75, 3.05) is 0 Å². The van der Waals surface area contributed by atoms with Gasteiger partial charge in [0.05, 0.1) is 0 Å². The normalized spacial score (nSPS) is 41.4. The monoisotopic (exact) mass is 386 g/mol. The average molecular weight is 387 g/mol. The van der Waals surface area contributed by atoms with Gasteiger partial charge in [0.2, 0.25) is 0 Å². The topological polar surface area (TPSA) is 71.4 Å². The van der Waals surface area contributed by atoms with Crippen molar-refractivity contribution >= 4 is 17.5 Å². The third kappa shape index (κ3) is 3.29. The number of carbonyl (C=O) groups is 3. The summed E-state index contributed by atoms with van der Waals surface area (Å²) in [5, 5.41) is 7.42. The second-order valence-electron chi connectivity index (χ2n) is 9.89. The SMILES string of the molecule is CC(=O)C1CCC2C3C=C(C)C4=CC(=O)CCC4(C)C3CCC12C.CC(=O)O. The van der Waals surface area contributed by atoms with Crippen molar-refractivity contribution < 1.29 is 19.5 Å². The third-order valence-corrected chi connectivity index (χ3v) is 8.32. The quantitative estimate of drug-likeness (QED) is 0.690. The maximum Gasteiger partial charge on any atom is 0.300 e. The predicted octanol–water partition coefficient (Wildman–Crippen LogP) is 4.98. The molecule has 2 saturated carbocycles. The second kappa shape index (κ2) is 7.27. The summed E-state index contributed by atoms with van der Waals surface area (Å²) in [4.78, 5) is 33.2. The highest BCUT2D eigenvalue weighted by molar-refractivity contribution is 5.92. The van der Waals surface area contributed by atoms with Gasteiger partial charge in [-0.1, -0.05) is 25.5 Å². The summed E-state index contributed by atoms with van der Waals surface area (Å²) in [6.07, 6.45) is 10.8. The Labute approximate surface area is 168 Å². The van der Waals surface area contributed by atoms with Crippen LogP contribution in [-0.4, -0.2) is 22.6 Å². The lowest BCUT2D eigenvalue weighted by molar-refractivity contribution is -0.134. The van der Waals surface area contributed by atoms with E-state index < -0.39 is 5.97 Å². The highest BCUT2D eigenvalue weighted by atomic mass is 16.4. The molecule has 4 rings (SSSR count). The molecule has 4 nitrogen and oxygen atoms in total. The molecule has 28 heavy (non-hydrogen) atoms. The predicted molar refractivity (Wildman–Crippen MR) is 109 cm³/mol. The Morgan fingerprint density at radius 2 is 1.71 bits per heavy atom. The number of hydrogen-bond donors (Lipinski definition) is 1. The van der Waals surface area contributed by atoms with Gasteiger partial charge in [-0.05, 0) is 86.2 Å². The number of rotatable bonds is 1. The molecular weight excluding hydrogens is 352 g/mol. The number of carboxylic acid groups (broad SMARTS) is 1. The van der Waals surface area contributed by atoms with E-state index in [4.69, 9.17) is 9.90 Å². The summed E-state index contributed by atoms with van der Waals surface area (Å²) in [6, 6.07) is 0. The van der Waals surface area contributed by atoms with Gasteiger partial charge in [-0.2, -0.15) is 0 Å². The number of aliphatic carboxylic acids is 1.